The topological polar surface area (TPSA) is 38.0 Å². The van der Waals surface area contributed by atoms with Crippen LogP contribution in [0.1, 0.15) is 26.3 Å². The van der Waals surface area contributed by atoms with Crippen molar-refractivity contribution in [1.82, 2.24) is 9.78 Å². The number of rotatable bonds is 2. The Balaban J connectivity index is 2.84. The second-order valence-corrected chi connectivity index (χ2v) is 4.70. The molecule has 0 atom stereocenters. The van der Waals surface area contributed by atoms with Gasteiger partial charge in [0.15, 0.2) is 0 Å². The lowest BCUT2D eigenvalue weighted by molar-refractivity contribution is 0.281. The van der Waals surface area contributed by atoms with Gasteiger partial charge in [-0.2, -0.15) is 5.10 Å². The van der Waals surface area contributed by atoms with Crippen molar-refractivity contribution >= 4 is 11.6 Å². The maximum atomic E-state index is 8.89. The number of aromatic nitrogens is 2. The molecule has 1 aromatic heterocycles. The number of nitrogens with zero attached hydrogens (tertiary/aromatic N) is 2. The summed E-state index contributed by atoms with van der Waals surface area (Å²) in [5, 5.41) is 13.5. The van der Waals surface area contributed by atoms with Gasteiger partial charge in [-0.1, -0.05) is 32.4 Å². The first kappa shape index (κ1) is 10.5. The summed E-state index contributed by atoms with van der Waals surface area (Å²) in [4.78, 5) is 0. The molecule has 0 aliphatic heterocycles. The normalized spacial score (nSPS) is 12.1. The van der Waals surface area contributed by atoms with E-state index >= 15 is 0 Å². The van der Waals surface area contributed by atoms with Crippen LogP contribution in [0.3, 0.4) is 0 Å². The predicted molar refractivity (Wildman–Crippen MR) is 52.6 cm³/mol. The zero-order valence-corrected chi connectivity index (χ0v) is 8.97. The van der Waals surface area contributed by atoms with Gasteiger partial charge in [0.25, 0.3) is 0 Å². The summed E-state index contributed by atoms with van der Waals surface area (Å²) < 4.78 is 1.72. The summed E-state index contributed by atoms with van der Waals surface area (Å²) in [7, 11) is 0. The molecule has 0 saturated carbocycles. The molecule has 0 saturated heterocycles. The van der Waals surface area contributed by atoms with Gasteiger partial charge in [-0.25, -0.2) is 0 Å². The summed E-state index contributed by atoms with van der Waals surface area (Å²) in [6.45, 7) is 7.05. The van der Waals surface area contributed by atoms with E-state index < -0.39 is 0 Å². The minimum absolute atomic E-state index is 0.0526. The molecule has 3 nitrogen and oxygen atoms in total. The van der Waals surface area contributed by atoms with E-state index in [1.807, 2.05) is 0 Å². The highest BCUT2D eigenvalue weighted by molar-refractivity contribution is 6.30. The maximum absolute atomic E-state index is 8.89. The van der Waals surface area contributed by atoms with E-state index in [1.54, 1.807) is 10.9 Å². The molecule has 0 amide bonds. The second kappa shape index (κ2) is 3.68. The molecule has 0 fully saturated rings. The van der Waals surface area contributed by atoms with Gasteiger partial charge >= 0.3 is 0 Å². The van der Waals surface area contributed by atoms with E-state index in [0.29, 0.717) is 10.7 Å². The molecule has 0 aliphatic rings. The van der Waals surface area contributed by atoms with E-state index in [0.717, 1.165) is 6.54 Å². The SMILES string of the molecule is CC(C)(C)Cn1ncc(CO)c1Cl. The summed E-state index contributed by atoms with van der Waals surface area (Å²) in [6, 6.07) is 0. The molecule has 0 aromatic carbocycles. The third kappa shape index (κ3) is 2.71. The first-order chi connectivity index (χ1) is 5.94. The van der Waals surface area contributed by atoms with Crippen LogP contribution in [0.25, 0.3) is 0 Å². The number of halogens is 1. The zero-order chi connectivity index (χ0) is 10.1. The Hall–Kier alpha value is -0.540. The van der Waals surface area contributed by atoms with Crippen LogP contribution in [-0.4, -0.2) is 14.9 Å². The van der Waals surface area contributed by atoms with Crippen molar-refractivity contribution in [3.63, 3.8) is 0 Å². The number of aliphatic hydroxyl groups is 1. The van der Waals surface area contributed by atoms with Gasteiger partial charge in [0.2, 0.25) is 0 Å². The van der Waals surface area contributed by atoms with Gasteiger partial charge in [-0.15, -0.1) is 0 Å². The number of aliphatic hydroxyl groups excluding tert-OH is 1. The minimum atomic E-state index is -0.0526. The monoisotopic (exact) mass is 202 g/mol. The van der Waals surface area contributed by atoms with E-state index in [1.165, 1.54) is 0 Å². The van der Waals surface area contributed by atoms with Crippen molar-refractivity contribution in [2.75, 3.05) is 0 Å². The summed E-state index contributed by atoms with van der Waals surface area (Å²) in [6.07, 6.45) is 1.61. The van der Waals surface area contributed by atoms with Crippen molar-refractivity contribution in [3.8, 4) is 0 Å². The first-order valence-electron chi connectivity index (χ1n) is 4.25. The third-order valence-electron chi connectivity index (χ3n) is 1.64. The molecule has 74 valence electrons. The van der Waals surface area contributed by atoms with Crippen molar-refractivity contribution in [1.29, 1.82) is 0 Å². The summed E-state index contributed by atoms with van der Waals surface area (Å²) >= 11 is 5.97. The van der Waals surface area contributed by atoms with E-state index in [4.69, 9.17) is 16.7 Å². The van der Waals surface area contributed by atoms with Crippen molar-refractivity contribution in [2.45, 2.75) is 33.9 Å². The van der Waals surface area contributed by atoms with Gasteiger partial charge in [0.1, 0.15) is 5.15 Å². The molecule has 0 unspecified atom stereocenters. The number of hydrogen-bond acceptors (Lipinski definition) is 2. The molecule has 0 bridgehead atoms. The molecular formula is C9H15ClN2O. The Bertz CT molecular complexity index is 288. The lowest BCUT2D eigenvalue weighted by atomic mass is 9.97. The summed E-state index contributed by atoms with van der Waals surface area (Å²) in [5.41, 5.74) is 0.827. The summed E-state index contributed by atoms with van der Waals surface area (Å²) in [5.74, 6) is 0. The van der Waals surface area contributed by atoms with E-state index in [2.05, 4.69) is 25.9 Å². The highest BCUT2D eigenvalue weighted by atomic mass is 35.5. The average molecular weight is 203 g/mol. The van der Waals surface area contributed by atoms with Crippen molar-refractivity contribution < 1.29 is 5.11 Å². The van der Waals surface area contributed by atoms with Crippen LogP contribution in [0.2, 0.25) is 5.15 Å². The van der Waals surface area contributed by atoms with Crippen LogP contribution in [0, 0.1) is 5.41 Å². The van der Waals surface area contributed by atoms with Gasteiger partial charge in [0.05, 0.1) is 12.8 Å². The van der Waals surface area contributed by atoms with E-state index in [9.17, 15) is 0 Å². The largest absolute Gasteiger partial charge is 0.392 e. The lowest BCUT2D eigenvalue weighted by Gasteiger charge is -2.18. The Morgan fingerprint density at radius 3 is 2.54 bits per heavy atom. The Labute approximate surface area is 83.3 Å². The molecular weight excluding hydrogens is 188 g/mol. The molecule has 1 N–H and O–H groups in total. The van der Waals surface area contributed by atoms with Gasteiger partial charge in [-0.05, 0) is 5.41 Å². The van der Waals surface area contributed by atoms with Crippen LogP contribution < -0.4 is 0 Å². The maximum Gasteiger partial charge on any atom is 0.132 e. The quantitative estimate of drug-likeness (QED) is 0.798. The van der Waals surface area contributed by atoms with Gasteiger partial charge in [0, 0.05) is 12.1 Å². The van der Waals surface area contributed by atoms with Gasteiger partial charge in [-0.3, -0.25) is 4.68 Å². The van der Waals surface area contributed by atoms with Crippen LogP contribution >= 0.6 is 11.6 Å². The highest BCUT2D eigenvalue weighted by Crippen LogP contribution is 2.21. The minimum Gasteiger partial charge on any atom is -0.392 e. The standard InChI is InChI=1S/C9H15ClN2O/c1-9(2,3)6-12-8(10)7(5-13)4-11-12/h4,13H,5-6H2,1-3H3. The second-order valence-electron chi connectivity index (χ2n) is 4.34. The Kier molecular flexibility index (Phi) is 2.98. The first-order valence-corrected chi connectivity index (χ1v) is 4.63. The molecule has 1 heterocycles. The molecule has 1 rings (SSSR count). The molecule has 0 radical (unpaired) electrons. The Morgan fingerprint density at radius 2 is 2.15 bits per heavy atom. The number of hydrogen-bond donors (Lipinski definition) is 1. The fourth-order valence-corrected chi connectivity index (χ4v) is 1.29. The van der Waals surface area contributed by atoms with Crippen LogP contribution in [-0.2, 0) is 13.2 Å². The highest BCUT2D eigenvalue weighted by Gasteiger charge is 2.15. The molecule has 0 spiro atoms. The van der Waals surface area contributed by atoms with Gasteiger partial charge < -0.3 is 5.11 Å². The fourth-order valence-electron chi connectivity index (χ4n) is 1.07. The van der Waals surface area contributed by atoms with Crippen LogP contribution in [0.15, 0.2) is 6.20 Å². The zero-order valence-electron chi connectivity index (χ0n) is 8.21. The lowest BCUT2D eigenvalue weighted by Crippen LogP contribution is -2.16. The molecule has 1 aromatic rings. The molecule has 0 aliphatic carbocycles. The van der Waals surface area contributed by atoms with E-state index in [-0.39, 0.29) is 12.0 Å². The Morgan fingerprint density at radius 1 is 1.54 bits per heavy atom. The van der Waals surface area contributed by atoms with Crippen LogP contribution in [0.5, 0.6) is 0 Å². The van der Waals surface area contributed by atoms with Crippen LogP contribution in [0.4, 0.5) is 0 Å². The average Bonchev–Trinajstić information content (AvgIpc) is 2.30. The molecule has 4 heteroatoms. The predicted octanol–water partition coefficient (Wildman–Crippen LogP) is 2.07. The smallest absolute Gasteiger partial charge is 0.132 e. The van der Waals surface area contributed by atoms with Crippen molar-refractivity contribution in [2.24, 2.45) is 5.41 Å². The van der Waals surface area contributed by atoms with Crippen molar-refractivity contribution in [3.05, 3.63) is 16.9 Å². The molecule has 13 heavy (non-hydrogen) atoms. The fraction of sp³-hybridized carbons (Fsp3) is 0.667. The third-order valence-corrected chi connectivity index (χ3v) is 2.08.